The standard InChI is InChI=1S/C25H31N5O/c1-3-30(4-2)16-8-7-15-26-25(31)27-20-13-11-18(12-14-20)23-22-17-19-9-5-6-10-21(19)24(22)29-28-23/h5-6,9-14H,3-4,7-8,15-17H2,1-2H3,(H,28,29)(H2,26,27,31). The summed E-state index contributed by atoms with van der Waals surface area (Å²) in [6, 6.07) is 16.2. The van der Waals surface area contributed by atoms with Crippen molar-refractivity contribution >= 4 is 11.7 Å². The molecule has 2 amide bonds. The maximum Gasteiger partial charge on any atom is 0.319 e. The maximum atomic E-state index is 12.2. The molecule has 1 aliphatic rings. The third-order valence-electron chi connectivity index (χ3n) is 6.02. The van der Waals surface area contributed by atoms with Gasteiger partial charge in [0.25, 0.3) is 0 Å². The van der Waals surface area contributed by atoms with E-state index >= 15 is 0 Å². The highest BCUT2D eigenvalue weighted by Gasteiger charge is 2.24. The third kappa shape index (κ3) is 4.80. The zero-order chi connectivity index (χ0) is 21.6. The molecule has 6 nitrogen and oxygen atoms in total. The fourth-order valence-electron chi connectivity index (χ4n) is 4.20. The molecule has 6 heteroatoms. The van der Waals surface area contributed by atoms with Gasteiger partial charge in [0.1, 0.15) is 0 Å². The van der Waals surface area contributed by atoms with E-state index in [-0.39, 0.29) is 6.03 Å². The minimum Gasteiger partial charge on any atom is -0.338 e. The van der Waals surface area contributed by atoms with E-state index in [9.17, 15) is 4.79 Å². The van der Waals surface area contributed by atoms with E-state index in [2.05, 4.69) is 63.8 Å². The van der Waals surface area contributed by atoms with Crippen LogP contribution in [0.1, 0.15) is 37.8 Å². The van der Waals surface area contributed by atoms with Crippen molar-refractivity contribution in [3.8, 4) is 22.5 Å². The smallest absolute Gasteiger partial charge is 0.319 e. The Morgan fingerprint density at radius 2 is 1.84 bits per heavy atom. The normalized spacial score (nSPS) is 12.0. The first-order valence-electron chi connectivity index (χ1n) is 11.2. The molecule has 1 aromatic heterocycles. The second-order valence-electron chi connectivity index (χ2n) is 7.95. The monoisotopic (exact) mass is 417 g/mol. The van der Waals surface area contributed by atoms with Gasteiger partial charge >= 0.3 is 6.03 Å². The van der Waals surface area contributed by atoms with E-state index in [1.807, 2.05) is 24.3 Å². The van der Waals surface area contributed by atoms with Crippen molar-refractivity contribution in [2.45, 2.75) is 33.1 Å². The summed E-state index contributed by atoms with van der Waals surface area (Å²) in [6.45, 7) is 8.28. The van der Waals surface area contributed by atoms with Gasteiger partial charge in [-0.1, -0.05) is 50.2 Å². The van der Waals surface area contributed by atoms with Crippen LogP contribution in [0.2, 0.25) is 0 Å². The highest BCUT2D eigenvalue weighted by molar-refractivity contribution is 5.89. The first-order chi connectivity index (χ1) is 15.2. The highest BCUT2D eigenvalue weighted by Crippen LogP contribution is 2.39. The van der Waals surface area contributed by atoms with Crippen LogP contribution < -0.4 is 10.6 Å². The average molecular weight is 418 g/mol. The molecule has 3 aromatic rings. The number of fused-ring (bicyclic) bond motifs is 3. The molecule has 162 valence electrons. The van der Waals surface area contributed by atoms with Gasteiger partial charge < -0.3 is 15.5 Å². The van der Waals surface area contributed by atoms with Crippen LogP contribution in [0.5, 0.6) is 0 Å². The molecular weight excluding hydrogens is 386 g/mol. The van der Waals surface area contributed by atoms with Crippen LogP contribution in [0.3, 0.4) is 0 Å². The maximum absolute atomic E-state index is 12.2. The molecule has 0 aliphatic heterocycles. The Kier molecular flexibility index (Phi) is 6.67. The van der Waals surface area contributed by atoms with Crippen LogP contribution in [0.15, 0.2) is 48.5 Å². The van der Waals surface area contributed by atoms with Crippen LogP contribution in [-0.4, -0.2) is 47.3 Å². The van der Waals surface area contributed by atoms with Crippen LogP contribution >= 0.6 is 0 Å². The Labute approximate surface area is 184 Å². The molecule has 0 fully saturated rings. The van der Waals surface area contributed by atoms with Crippen molar-refractivity contribution in [2.75, 3.05) is 31.5 Å². The molecule has 4 rings (SSSR count). The predicted molar refractivity (Wildman–Crippen MR) is 126 cm³/mol. The second kappa shape index (κ2) is 9.79. The molecule has 0 spiro atoms. The van der Waals surface area contributed by atoms with Gasteiger partial charge in [0, 0.05) is 35.3 Å². The fraction of sp³-hybridized carbons (Fsp3) is 0.360. The van der Waals surface area contributed by atoms with Crippen molar-refractivity contribution in [1.82, 2.24) is 20.4 Å². The minimum atomic E-state index is -0.160. The Balaban J connectivity index is 1.29. The quantitative estimate of drug-likeness (QED) is 0.340. The summed E-state index contributed by atoms with van der Waals surface area (Å²) in [5.41, 5.74) is 7.74. The van der Waals surface area contributed by atoms with E-state index in [1.165, 1.54) is 16.7 Å². The summed E-state index contributed by atoms with van der Waals surface area (Å²) in [6.07, 6.45) is 2.97. The molecule has 2 aromatic carbocycles. The van der Waals surface area contributed by atoms with Gasteiger partial charge in [-0.15, -0.1) is 0 Å². The lowest BCUT2D eigenvalue weighted by Gasteiger charge is -2.17. The third-order valence-corrected chi connectivity index (χ3v) is 6.02. The summed E-state index contributed by atoms with van der Waals surface area (Å²) >= 11 is 0. The van der Waals surface area contributed by atoms with Crippen LogP contribution in [0.4, 0.5) is 10.5 Å². The second-order valence-corrected chi connectivity index (χ2v) is 7.95. The zero-order valence-electron chi connectivity index (χ0n) is 18.4. The van der Waals surface area contributed by atoms with Crippen LogP contribution in [-0.2, 0) is 6.42 Å². The number of carbonyl (C=O) groups excluding carboxylic acids is 1. The summed E-state index contributed by atoms with van der Waals surface area (Å²) in [7, 11) is 0. The molecule has 0 saturated carbocycles. The average Bonchev–Trinajstić information content (AvgIpc) is 3.36. The highest BCUT2D eigenvalue weighted by atomic mass is 16.2. The molecule has 1 heterocycles. The number of hydrogen-bond donors (Lipinski definition) is 3. The number of benzene rings is 2. The Morgan fingerprint density at radius 3 is 2.61 bits per heavy atom. The molecule has 0 saturated heterocycles. The topological polar surface area (TPSA) is 73.1 Å². The Bertz CT molecular complexity index is 1020. The number of nitrogens with zero attached hydrogens (tertiary/aromatic N) is 2. The molecule has 0 atom stereocenters. The van der Waals surface area contributed by atoms with Crippen molar-refractivity contribution in [2.24, 2.45) is 0 Å². The number of aromatic nitrogens is 2. The van der Waals surface area contributed by atoms with E-state index in [0.29, 0.717) is 6.54 Å². The van der Waals surface area contributed by atoms with Gasteiger partial charge in [-0.05, 0) is 50.2 Å². The van der Waals surface area contributed by atoms with Gasteiger partial charge in [-0.2, -0.15) is 5.10 Å². The van der Waals surface area contributed by atoms with Crippen molar-refractivity contribution in [3.63, 3.8) is 0 Å². The van der Waals surface area contributed by atoms with E-state index in [0.717, 1.165) is 61.5 Å². The van der Waals surface area contributed by atoms with Gasteiger partial charge in [-0.3, -0.25) is 5.10 Å². The van der Waals surface area contributed by atoms with Gasteiger partial charge in [0.15, 0.2) is 0 Å². The number of carbonyl (C=O) groups is 1. The Hall–Kier alpha value is -3.12. The summed E-state index contributed by atoms with van der Waals surface area (Å²) in [5, 5.41) is 13.6. The first kappa shape index (κ1) is 21.1. The first-order valence-corrected chi connectivity index (χ1v) is 11.2. The molecule has 3 N–H and O–H groups in total. The lowest BCUT2D eigenvalue weighted by atomic mass is 10.1. The molecule has 0 unspecified atom stereocenters. The number of aromatic amines is 1. The van der Waals surface area contributed by atoms with E-state index in [4.69, 9.17) is 0 Å². The van der Waals surface area contributed by atoms with Gasteiger partial charge in [-0.25, -0.2) is 4.79 Å². The van der Waals surface area contributed by atoms with Crippen molar-refractivity contribution in [3.05, 3.63) is 59.7 Å². The summed E-state index contributed by atoms with van der Waals surface area (Å²) in [4.78, 5) is 14.6. The molecule has 0 radical (unpaired) electrons. The number of nitrogens with one attached hydrogen (secondary N) is 3. The lowest BCUT2D eigenvalue weighted by molar-refractivity contribution is 0.251. The zero-order valence-corrected chi connectivity index (χ0v) is 18.4. The van der Waals surface area contributed by atoms with E-state index < -0.39 is 0 Å². The van der Waals surface area contributed by atoms with Crippen molar-refractivity contribution < 1.29 is 4.79 Å². The number of urea groups is 1. The molecule has 1 aliphatic carbocycles. The Morgan fingerprint density at radius 1 is 1.06 bits per heavy atom. The van der Waals surface area contributed by atoms with E-state index in [1.54, 1.807) is 0 Å². The number of hydrogen-bond acceptors (Lipinski definition) is 3. The fourth-order valence-corrected chi connectivity index (χ4v) is 4.20. The molecule has 31 heavy (non-hydrogen) atoms. The largest absolute Gasteiger partial charge is 0.338 e. The minimum absolute atomic E-state index is 0.160. The number of rotatable bonds is 9. The molecule has 0 bridgehead atoms. The number of anilines is 1. The number of unbranched alkanes of at least 4 members (excludes halogenated alkanes) is 1. The van der Waals surface area contributed by atoms with Crippen molar-refractivity contribution in [1.29, 1.82) is 0 Å². The van der Waals surface area contributed by atoms with Gasteiger partial charge in [0.05, 0.1) is 11.4 Å². The summed E-state index contributed by atoms with van der Waals surface area (Å²) in [5.74, 6) is 0. The lowest BCUT2D eigenvalue weighted by Crippen LogP contribution is -2.30. The SMILES string of the molecule is CCN(CC)CCCCNC(=O)Nc1ccc(-c2n[nH]c3c2Cc2ccccc2-3)cc1. The summed E-state index contributed by atoms with van der Waals surface area (Å²) < 4.78 is 0. The number of amides is 2. The van der Waals surface area contributed by atoms with Crippen LogP contribution in [0.25, 0.3) is 22.5 Å². The predicted octanol–water partition coefficient (Wildman–Crippen LogP) is 4.89. The number of H-pyrrole nitrogens is 1. The van der Waals surface area contributed by atoms with Crippen LogP contribution in [0, 0.1) is 0 Å². The van der Waals surface area contributed by atoms with Gasteiger partial charge in [0.2, 0.25) is 0 Å². The molecular formula is C25H31N5O.